The summed E-state index contributed by atoms with van der Waals surface area (Å²) in [6.07, 6.45) is -1.34. The Kier molecular flexibility index (Phi) is 4.52. The fraction of sp³-hybridized carbons (Fsp3) is 0.385. The molecular weight excluding hydrogens is 303 g/mol. The van der Waals surface area contributed by atoms with Crippen LogP contribution in [0.5, 0.6) is 0 Å². The maximum absolute atomic E-state index is 11.9. The van der Waals surface area contributed by atoms with Gasteiger partial charge in [0.25, 0.3) is 5.91 Å². The van der Waals surface area contributed by atoms with E-state index in [9.17, 15) is 14.7 Å². The van der Waals surface area contributed by atoms with Crippen molar-refractivity contribution in [2.24, 2.45) is 0 Å². The van der Waals surface area contributed by atoms with E-state index in [1.165, 1.54) is 25.1 Å². The van der Waals surface area contributed by atoms with Gasteiger partial charge < -0.3 is 15.3 Å². The Hall–Kier alpha value is -1.30. The summed E-state index contributed by atoms with van der Waals surface area (Å²) in [5.41, 5.74) is 0.336. The highest BCUT2D eigenvalue weighted by molar-refractivity contribution is 6.34. The summed E-state index contributed by atoms with van der Waals surface area (Å²) in [6, 6.07) is 4.37. The SMILES string of the molecule is CC(=O)N1CC(NC(=O)C(O)c2cc(Cl)cc(Cl)c2)C1. The number of carbonyl (C=O) groups excluding carboxylic acids is 2. The van der Waals surface area contributed by atoms with Crippen LogP contribution in [0.2, 0.25) is 10.0 Å². The second-order valence-corrected chi connectivity index (χ2v) is 5.61. The largest absolute Gasteiger partial charge is 0.378 e. The summed E-state index contributed by atoms with van der Waals surface area (Å²) in [5, 5.41) is 13.3. The first kappa shape index (κ1) is 15.1. The van der Waals surface area contributed by atoms with Gasteiger partial charge in [-0.1, -0.05) is 23.2 Å². The quantitative estimate of drug-likeness (QED) is 0.885. The summed E-state index contributed by atoms with van der Waals surface area (Å²) in [6.45, 7) is 2.40. The molecule has 2 amide bonds. The summed E-state index contributed by atoms with van der Waals surface area (Å²) in [5.74, 6) is -0.561. The van der Waals surface area contributed by atoms with Gasteiger partial charge in [-0.3, -0.25) is 9.59 Å². The first-order valence-corrected chi connectivity index (χ1v) is 6.82. The molecule has 108 valence electrons. The van der Waals surface area contributed by atoms with E-state index in [2.05, 4.69) is 5.32 Å². The molecule has 0 bridgehead atoms. The van der Waals surface area contributed by atoms with Crippen molar-refractivity contribution in [3.63, 3.8) is 0 Å². The third-order valence-electron chi connectivity index (χ3n) is 3.12. The van der Waals surface area contributed by atoms with Crippen molar-refractivity contribution in [1.82, 2.24) is 10.2 Å². The van der Waals surface area contributed by atoms with Gasteiger partial charge in [-0.2, -0.15) is 0 Å². The Morgan fingerprint density at radius 1 is 1.30 bits per heavy atom. The second kappa shape index (κ2) is 5.99. The number of benzene rings is 1. The third kappa shape index (κ3) is 3.42. The summed E-state index contributed by atoms with van der Waals surface area (Å²) in [7, 11) is 0. The number of nitrogens with zero attached hydrogens (tertiary/aromatic N) is 1. The first-order chi connectivity index (χ1) is 9.36. The van der Waals surface area contributed by atoms with Crippen LogP contribution in [0.3, 0.4) is 0 Å². The van der Waals surface area contributed by atoms with Gasteiger partial charge in [0.15, 0.2) is 6.10 Å². The van der Waals surface area contributed by atoms with E-state index >= 15 is 0 Å². The molecule has 1 aliphatic heterocycles. The molecule has 0 radical (unpaired) electrons. The zero-order valence-electron chi connectivity index (χ0n) is 10.8. The van der Waals surface area contributed by atoms with Crippen LogP contribution in [0.4, 0.5) is 0 Å². The Bertz CT molecular complexity index is 524. The van der Waals surface area contributed by atoms with Gasteiger partial charge in [-0.25, -0.2) is 0 Å². The standard InChI is InChI=1S/C13H14Cl2N2O3/c1-7(18)17-5-11(6-17)16-13(20)12(19)8-2-9(14)4-10(15)3-8/h2-4,11-12,19H,5-6H2,1H3,(H,16,20). The van der Waals surface area contributed by atoms with Gasteiger partial charge >= 0.3 is 0 Å². The molecule has 2 rings (SSSR count). The lowest BCUT2D eigenvalue weighted by atomic mass is 10.1. The highest BCUT2D eigenvalue weighted by atomic mass is 35.5. The number of halogens is 2. The molecule has 0 aromatic heterocycles. The lowest BCUT2D eigenvalue weighted by Gasteiger charge is -2.39. The number of aliphatic hydroxyl groups is 1. The number of hydrogen-bond donors (Lipinski definition) is 2. The van der Waals surface area contributed by atoms with Gasteiger partial charge in [0, 0.05) is 30.1 Å². The number of amides is 2. The first-order valence-electron chi connectivity index (χ1n) is 6.07. The fourth-order valence-corrected chi connectivity index (χ4v) is 2.53. The number of likely N-dealkylation sites (tertiary alicyclic amines) is 1. The zero-order valence-corrected chi connectivity index (χ0v) is 12.3. The van der Waals surface area contributed by atoms with Crippen LogP contribution in [-0.2, 0) is 9.59 Å². The topological polar surface area (TPSA) is 69.6 Å². The molecule has 7 heteroatoms. The second-order valence-electron chi connectivity index (χ2n) is 4.73. The van der Waals surface area contributed by atoms with E-state index in [4.69, 9.17) is 23.2 Å². The monoisotopic (exact) mass is 316 g/mol. The van der Waals surface area contributed by atoms with Crippen molar-refractivity contribution in [2.75, 3.05) is 13.1 Å². The Balaban J connectivity index is 1.94. The summed E-state index contributed by atoms with van der Waals surface area (Å²) < 4.78 is 0. The van der Waals surface area contributed by atoms with E-state index in [0.29, 0.717) is 28.7 Å². The molecular formula is C13H14Cl2N2O3. The van der Waals surface area contributed by atoms with E-state index in [1.54, 1.807) is 4.90 Å². The predicted octanol–water partition coefficient (Wildman–Crippen LogP) is 1.37. The maximum Gasteiger partial charge on any atom is 0.253 e. The highest BCUT2D eigenvalue weighted by Crippen LogP contribution is 2.24. The van der Waals surface area contributed by atoms with Gasteiger partial charge in [-0.15, -0.1) is 0 Å². The lowest BCUT2D eigenvalue weighted by Crippen LogP contribution is -2.61. The number of carbonyl (C=O) groups is 2. The average molecular weight is 317 g/mol. The molecule has 1 atom stereocenters. The van der Waals surface area contributed by atoms with Gasteiger partial charge in [-0.05, 0) is 23.8 Å². The third-order valence-corrected chi connectivity index (χ3v) is 3.56. The number of hydrogen-bond acceptors (Lipinski definition) is 3. The van der Waals surface area contributed by atoms with Crippen molar-refractivity contribution in [3.8, 4) is 0 Å². The lowest BCUT2D eigenvalue weighted by molar-refractivity contribution is -0.138. The molecule has 1 aromatic carbocycles. The molecule has 0 aliphatic carbocycles. The van der Waals surface area contributed by atoms with Crippen LogP contribution < -0.4 is 5.32 Å². The van der Waals surface area contributed by atoms with Crippen LogP contribution in [0.25, 0.3) is 0 Å². The normalized spacial score (nSPS) is 16.5. The van der Waals surface area contributed by atoms with Crippen LogP contribution in [-0.4, -0.2) is 41.0 Å². The molecule has 0 saturated carbocycles. The van der Waals surface area contributed by atoms with Crippen molar-refractivity contribution in [3.05, 3.63) is 33.8 Å². The van der Waals surface area contributed by atoms with Crippen molar-refractivity contribution in [2.45, 2.75) is 19.1 Å². The van der Waals surface area contributed by atoms with Gasteiger partial charge in [0.1, 0.15) is 0 Å². The van der Waals surface area contributed by atoms with Gasteiger partial charge in [0.2, 0.25) is 5.91 Å². The Morgan fingerprint density at radius 3 is 2.35 bits per heavy atom. The zero-order chi connectivity index (χ0) is 14.9. The smallest absolute Gasteiger partial charge is 0.253 e. The Morgan fingerprint density at radius 2 is 1.85 bits per heavy atom. The molecule has 1 aromatic rings. The molecule has 0 spiro atoms. The minimum absolute atomic E-state index is 0.0299. The molecule has 5 nitrogen and oxygen atoms in total. The fourth-order valence-electron chi connectivity index (χ4n) is 1.99. The molecule has 1 aliphatic rings. The molecule has 1 fully saturated rings. The van der Waals surface area contributed by atoms with E-state index in [1.807, 2.05) is 0 Å². The average Bonchev–Trinajstić information content (AvgIpc) is 2.30. The van der Waals surface area contributed by atoms with Crippen molar-refractivity contribution in [1.29, 1.82) is 0 Å². The van der Waals surface area contributed by atoms with Crippen LogP contribution in [0.1, 0.15) is 18.6 Å². The minimum Gasteiger partial charge on any atom is -0.378 e. The van der Waals surface area contributed by atoms with Gasteiger partial charge in [0.05, 0.1) is 6.04 Å². The molecule has 20 heavy (non-hydrogen) atoms. The maximum atomic E-state index is 11.9. The van der Waals surface area contributed by atoms with Crippen LogP contribution >= 0.6 is 23.2 Å². The number of rotatable bonds is 3. The van der Waals surface area contributed by atoms with Crippen molar-refractivity contribution >= 4 is 35.0 Å². The van der Waals surface area contributed by atoms with E-state index in [0.717, 1.165) is 0 Å². The Labute approximate surface area is 126 Å². The molecule has 1 saturated heterocycles. The minimum atomic E-state index is -1.34. The van der Waals surface area contributed by atoms with Crippen molar-refractivity contribution < 1.29 is 14.7 Å². The summed E-state index contributed by atoms with van der Waals surface area (Å²) >= 11 is 11.7. The van der Waals surface area contributed by atoms with E-state index in [-0.39, 0.29) is 11.9 Å². The highest BCUT2D eigenvalue weighted by Gasteiger charge is 2.31. The number of aliphatic hydroxyl groups excluding tert-OH is 1. The molecule has 1 heterocycles. The molecule has 2 N–H and O–H groups in total. The number of nitrogens with one attached hydrogen (secondary N) is 1. The predicted molar refractivity (Wildman–Crippen MR) is 75.6 cm³/mol. The molecule has 1 unspecified atom stereocenters. The van der Waals surface area contributed by atoms with Crippen LogP contribution in [0.15, 0.2) is 18.2 Å². The van der Waals surface area contributed by atoms with Crippen LogP contribution in [0, 0.1) is 0 Å². The summed E-state index contributed by atoms with van der Waals surface area (Å²) in [4.78, 5) is 24.5. The van der Waals surface area contributed by atoms with E-state index < -0.39 is 12.0 Å².